The molecule has 5 nitrogen and oxygen atoms in total. The van der Waals surface area contributed by atoms with Gasteiger partial charge in [-0.15, -0.1) is 0 Å². The predicted octanol–water partition coefficient (Wildman–Crippen LogP) is 2.97. The Morgan fingerprint density at radius 2 is 2.04 bits per heavy atom. The van der Waals surface area contributed by atoms with Gasteiger partial charge in [0.2, 0.25) is 11.1 Å². The molecular formula is C18H16BrN3O2S2. The van der Waals surface area contributed by atoms with Gasteiger partial charge >= 0.3 is 0 Å². The highest BCUT2D eigenvalue weighted by atomic mass is 79.9. The number of aliphatic imine (C=N–C) groups is 1. The molecule has 0 aromatic heterocycles. The number of rotatable bonds is 4. The van der Waals surface area contributed by atoms with Crippen LogP contribution in [-0.2, 0) is 16.6 Å². The molecule has 0 bridgehead atoms. The molecule has 2 aromatic rings. The molecule has 0 radical (unpaired) electrons. The first kappa shape index (κ1) is 17.6. The molecule has 26 heavy (non-hydrogen) atoms. The van der Waals surface area contributed by atoms with Gasteiger partial charge in [-0.2, -0.15) is 0 Å². The monoisotopic (exact) mass is 449 g/mol. The van der Waals surface area contributed by atoms with E-state index in [1.54, 1.807) is 0 Å². The third-order valence-electron chi connectivity index (χ3n) is 4.47. The number of halogens is 1. The second-order valence-corrected chi connectivity index (χ2v) is 8.33. The SMILES string of the molecule is CS(=O)Oc1ccc(C2(c3cccc(Br)c3)NC(=S)N3CCN=C32)cc1. The molecule has 0 spiro atoms. The number of hydrogen-bond donors (Lipinski definition) is 1. The minimum absolute atomic E-state index is 0.560. The smallest absolute Gasteiger partial charge is 0.203 e. The first-order valence-corrected chi connectivity index (χ1v) is 10.7. The molecule has 0 aliphatic carbocycles. The highest BCUT2D eigenvalue weighted by molar-refractivity contribution is 9.10. The lowest BCUT2D eigenvalue weighted by atomic mass is 9.82. The summed E-state index contributed by atoms with van der Waals surface area (Å²) in [7, 11) is 0. The molecule has 2 heterocycles. The Hall–Kier alpha value is -1.77. The van der Waals surface area contributed by atoms with E-state index in [1.165, 1.54) is 6.26 Å². The van der Waals surface area contributed by atoms with Crippen molar-refractivity contribution in [2.24, 2.45) is 4.99 Å². The summed E-state index contributed by atoms with van der Waals surface area (Å²) in [5.74, 6) is 1.47. The van der Waals surface area contributed by atoms with E-state index in [9.17, 15) is 4.21 Å². The van der Waals surface area contributed by atoms with Crippen molar-refractivity contribution in [3.8, 4) is 5.75 Å². The van der Waals surface area contributed by atoms with Crippen LogP contribution in [0.25, 0.3) is 0 Å². The molecule has 2 aromatic carbocycles. The second kappa shape index (κ2) is 6.75. The Morgan fingerprint density at radius 3 is 2.73 bits per heavy atom. The molecule has 134 valence electrons. The number of nitrogens with one attached hydrogen (secondary N) is 1. The van der Waals surface area contributed by atoms with Crippen LogP contribution < -0.4 is 9.50 Å². The number of thiocarbonyl (C=S) groups is 1. The van der Waals surface area contributed by atoms with Crippen LogP contribution >= 0.6 is 28.1 Å². The zero-order valence-electron chi connectivity index (χ0n) is 13.9. The van der Waals surface area contributed by atoms with E-state index in [0.29, 0.717) is 10.9 Å². The van der Waals surface area contributed by atoms with Gasteiger partial charge in [0.05, 0.1) is 6.54 Å². The van der Waals surface area contributed by atoms with Crippen LogP contribution in [-0.4, -0.2) is 39.4 Å². The number of hydrogen-bond acceptors (Lipinski definition) is 4. The van der Waals surface area contributed by atoms with E-state index in [-0.39, 0.29) is 0 Å². The summed E-state index contributed by atoms with van der Waals surface area (Å²) in [6.07, 6.45) is 1.50. The third kappa shape index (κ3) is 2.86. The van der Waals surface area contributed by atoms with Crippen molar-refractivity contribution in [3.05, 3.63) is 64.1 Å². The van der Waals surface area contributed by atoms with Gasteiger partial charge in [0.25, 0.3) is 0 Å². The third-order valence-corrected chi connectivity index (χ3v) is 5.72. The van der Waals surface area contributed by atoms with Crippen molar-refractivity contribution in [1.82, 2.24) is 10.2 Å². The molecule has 1 saturated heterocycles. The fourth-order valence-electron chi connectivity index (χ4n) is 3.44. The molecule has 0 amide bonds. The highest BCUT2D eigenvalue weighted by Gasteiger charge is 2.51. The van der Waals surface area contributed by atoms with Gasteiger partial charge in [0.15, 0.2) is 5.11 Å². The Morgan fingerprint density at radius 1 is 1.27 bits per heavy atom. The molecular weight excluding hydrogens is 434 g/mol. The van der Waals surface area contributed by atoms with Crippen molar-refractivity contribution < 1.29 is 8.39 Å². The van der Waals surface area contributed by atoms with Gasteiger partial charge in [-0.25, -0.2) is 4.21 Å². The van der Waals surface area contributed by atoms with Crippen LogP contribution in [0.1, 0.15) is 11.1 Å². The minimum Gasteiger partial charge on any atom is -0.401 e. The molecule has 0 saturated carbocycles. The van der Waals surface area contributed by atoms with Crippen LogP contribution in [0.4, 0.5) is 0 Å². The average molecular weight is 450 g/mol. The van der Waals surface area contributed by atoms with E-state index in [2.05, 4.69) is 38.3 Å². The summed E-state index contributed by atoms with van der Waals surface area (Å²) in [5.41, 5.74) is 1.39. The van der Waals surface area contributed by atoms with E-state index in [1.807, 2.05) is 36.4 Å². The topological polar surface area (TPSA) is 53.9 Å². The summed E-state index contributed by atoms with van der Waals surface area (Å²) < 4.78 is 17.6. The normalized spacial score (nSPS) is 22.6. The number of amidine groups is 1. The first-order chi connectivity index (χ1) is 12.5. The summed E-state index contributed by atoms with van der Waals surface area (Å²) in [6.45, 7) is 1.51. The molecule has 2 atom stereocenters. The van der Waals surface area contributed by atoms with Gasteiger partial charge in [0.1, 0.15) is 17.1 Å². The standard InChI is InChI=1S/C18H16BrN3O2S2/c1-26(23)24-15-7-5-12(6-8-15)18(13-3-2-4-14(19)11-13)16-20-9-10-22(16)17(25)21-18/h2-8,11H,9-10H2,1H3,(H,21,25). The fourth-order valence-corrected chi connectivity index (χ4v) is 4.55. The van der Waals surface area contributed by atoms with Crippen LogP contribution in [0, 0.1) is 0 Å². The lowest BCUT2D eigenvalue weighted by molar-refractivity contribution is 0.566. The van der Waals surface area contributed by atoms with Crippen LogP contribution in [0.15, 0.2) is 58.0 Å². The lowest BCUT2D eigenvalue weighted by Gasteiger charge is -2.30. The van der Waals surface area contributed by atoms with E-state index < -0.39 is 16.6 Å². The van der Waals surface area contributed by atoms with Gasteiger partial charge in [-0.1, -0.05) is 40.2 Å². The van der Waals surface area contributed by atoms with E-state index in [0.717, 1.165) is 34.5 Å². The Labute approximate surface area is 168 Å². The highest BCUT2D eigenvalue weighted by Crippen LogP contribution is 2.39. The predicted molar refractivity (Wildman–Crippen MR) is 111 cm³/mol. The molecule has 4 rings (SSSR count). The Bertz CT molecular complexity index is 932. The van der Waals surface area contributed by atoms with Gasteiger partial charge in [0, 0.05) is 17.3 Å². The summed E-state index contributed by atoms with van der Waals surface area (Å²) in [4.78, 5) is 6.81. The Balaban J connectivity index is 1.87. The summed E-state index contributed by atoms with van der Waals surface area (Å²) in [5, 5.41) is 4.17. The Kier molecular flexibility index (Phi) is 4.58. The molecule has 1 fully saturated rings. The fraction of sp³-hybridized carbons (Fsp3) is 0.222. The lowest BCUT2D eigenvalue weighted by Crippen LogP contribution is -2.44. The average Bonchev–Trinajstić information content (AvgIpc) is 3.19. The van der Waals surface area contributed by atoms with Crippen LogP contribution in [0.2, 0.25) is 0 Å². The maximum Gasteiger partial charge on any atom is 0.203 e. The maximum absolute atomic E-state index is 11.3. The van der Waals surface area contributed by atoms with Crippen molar-refractivity contribution in [3.63, 3.8) is 0 Å². The quantitative estimate of drug-likeness (QED) is 0.727. The zero-order chi connectivity index (χ0) is 18.3. The van der Waals surface area contributed by atoms with Gasteiger partial charge < -0.3 is 14.4 Å². The van der Waals surface area contributed by atoms with E-state index in [4.69, 9.17) is 21.4 Å². The molecule has 2 aliphatic heterocycles. The molecule has 2 unspecified atom stereocenters. The first-order valence-electron chi connectivity index (χ1n) is 8.03. The molecule has 1 N–H and O–H groups in total. The number of nitrogens with zero attached hydrogens (tertiary/aromatic N) is 2. The van der Waals surface area contributed by atoms with Crippen molar-refractivity contribution in [2.45, 2.75) is 5.54 Å². The number of benzene rings is 2. The summed E-state index contributed by atoms with van der Waals surface area (Å²) >= 11 is 7.78. The van der Waals surface area contributed by atoms with Crippen molar-refractivity contribution in [1.29, 1.82) is 0 Å². The van der Waals surface area contributed by atoms with Crippen molar-refractivity contribution >= 4 is 50.2 Å². The second-order valence-electron chi connectivity index (χ2n) is 6.06. The maximum atomic E-state index is 11.3. The molecule has 2 aliphatic rings. The van der Waals surface area contributed by atoms with Crippen LogP contribution in [0.3, 0.4) is 0 Å². The minimum atomic E-state index is -1.36. The largest absolute Gasteiger partial charge is 0.401 e. The number of fused-ring (bicyclic) bond motifs is 1. The summed E-state index contributed by atoms with van der Waals surface area (Å²) in [6, 6.07) is 15.7. The van der Waals surface area contributed by atoms with Crippen molar-refractivity contribution in [2.75, 3.05) is 19.3 Å². The van der Waals surface area contributed by atoms with Crippen LogP contribution in [0.5, 0.6) is 5.75 Å². The molecule has 8 heteroatoms. The zero-order valence-corrected chi connectivity index (χ0v) is 17.2. The van der Waals surface area contributed by atoms with Gasteiger partial charge in [-0.05, 0) is 47.6 Å². The van der Waals surface area contributed by atoms with E-state index >= 15 is 0 Å². The van der Waals surface area contributed by atoms with Gasteiger partial charge in [-0.3, -0.25) is 4.99 Å².